The number of H-pyrrole nitrogens is 1. The molecule has 0 saturated heterocycles. The van der Waals surface area contributed by atoms with Crippen molar-refractivity contribution in [2.24, 2.45) is 0 Å². The second-order valence-corrected chi connectivity index (χ2v) is 3.61. The highest BCUT2D eigenvalue weighted by molar-refractivity contribution is 5.91. The topological polar surface area (TPSA) is 77.1 Å². The van der Waals surface area contributed by atoms with Crippen LogP contribution in [0, 0.1) is 5.95 Å². The number of nitrogens with zero attached hydrogens (tertiary/aromatic N) is 2. The van der Waals surface area contributed by atoms with E-state index in [0.29, 0.717) is 5.56 Å². The smallest absolute Gasteiger partial charge is 0.345 e. The third-order valence-corrected chi connectivity index (χ3v) is 2.27. The average molecular weight is 302 g/mol. The second kappa shape index (κ2) is 7.44. The third kappa shape index (κ3) is 3.92. The molecule has 2 rings (SSSR count). The maximum absolute atomic E-state index is 12.6. The van der Waals surface area contributed by atoms with Crippen LogP contribution >= 0.6 is 12.4 Å². The number of aromatic amines is 1. The van der Waals surface area contributed by atoms with Crippen LogP contribution in [0.1, 0.15) is 22.8 Å². The summed E-state index contributed by atoms with van der Waals surface area (Å²) in [5.74, 6) is -0.858. The summed E-state index contributed by atoms with van der Waals surface area (Å²) in [5.41, 5.74) is 0.891. The molecule has 0 aliphatic rings. The Hall–Kier alpha value is -2.15. The zero-order valence-corrected chi connectivity index (χ0v) is 11.4. The van der Waals surface area contributed by atoms with E-state index in [1.807, 2.05) is 0 Å². The van der Waals surface area contributed by atoms with Crippen molar-refractivity contribution in [3.63, 3.8) is 0 Å². The van der Waals surface area contributed by atoms with Crippen molar-refractivity contribution in [3.05, 3.63) is 41.6 Å². The van der Waals surface area contributed by atoms with Crippen molar-refractivity contribution >= 4 is 18.4 Å². The maximum atomic E-state index is 12.6. The van der Waals surface area contributed by atoms with Gasteiger partial charge in [0, 0.05) is 11.8 Å². The van der Waals surface area contributed by atoms with Gasteiger partial charge in [-0.15, -0.1) is 12.4 Å². The van der Waals surface area contributed by atoms with Gasteiger partial charge in [-0.3, -0.25) is 0 Å². The van der Waals surface area contributed by atoms with E-state index in [9.17, 15) is 9.18 Å². The minimum atomic E-state index is -0.558. The van der Waals surface area contributed by atoms with Gasteiger partial charge in [0.2, 0.25) is 11.8 Å². The van der Waals surface area contributed by atoms with E-state index in [4.69, 9.17) is 9.47 Å². The van der Waals surface area contributed by atoms with Gasteiger partial charge in [0.15, 0.2) is 0 Å². The first-order valence-corrected chi connectivity index (χ1v) is 5.64. The molecule has 2 aromatic rings. The van der Waals surface area contributed by atoms with Crippen LogP contribution in [0.4, 0.5) is 4.39 Å². The fourth-order valence-electron chi connectivity index (χ4n) is 1.39. The predicted octanol–water partition coefficient (Wildman–Crippen LogP) is 2.12. The molecule has 0 unspecified atom stereocenters. The van der Waals surface area contributed by atoms with Gasteiger partial charge in [0.05, 0.1) is 12.8 Å². The van der Waals surface area contributed by atoms with E-state index in [1.54, 1.807) is 13.0 Å². The molecular formula is C12H13ClFN3O3. The van der Waals surface area contributed by atoms with Crippen molar-refractivity contribution < 1.29 is 18.7 Å². The SMILES string of the molecule is CCOC(=O)c1cn[nH]c1OCc1ccc(F)nc1.Cl. The van der Waals surface area contributed by atoms with E-state index in [1.165, 1.54) is 18.5 Å². The molecule has 0 bridgehead atoms. The van der Waals surface area contributed by atoms with Crippen molar-refractivity contribution in [1.82, 2.24) is 15.2 Å². The number of carbonyl (C=O) groups is 1. The molecule has 0 atom stereocenters. The predicted molar refractivity (Wildman–Crippen MR) is 70.3 cm³/mol. The number of carbonyl (C=O) groups excluding carboxylic acids is 1. The summed E-state index contributed by atoms with van der Waals surface area (Å²) in [4.78, 5) is 15.1. The summed E-state index contributed by atoms with van der Waals surface area (Å²) in [5, 5.41) is 6.28. The lowest BCUT2D eigenvalue weighted by molar-refractivity contribution is 0.0521. The zero-order valence-electron chi connectivity index (χ0n) is 10.6. The van der Waals surface area contributed by atoms with Crippen LogP contribution in [-0.4, -0.2) is 27.8 Å². The molecule has 0 aliphatic heterocycles. The molecule has 108 valence electrons. The van der Waals surface area contributed by atoms with E-state index in [-0.39, 0.29) is 37.1 Å². The number of esters is 1. The van der Waals surface area contributed by atoms with Crippen LogP contribution in [0.3, 0.4) is 0 Å². The summed E-state index contributed by atoms with van der Waals surface area (Å²) in [7, 11) is 0. The largest absolute Gasteiger partial charge is 0.472 e. The van der Waals surface area contributed by atoms with Crippen LogP contribution in [-0.2, 0) is 11.3 Å². The molecule has 0 amide bonds. The van der Waals surface area contributed by atoms with Crippen molar-refractivity contribution in [3.8, 4) is 5.88 Å². The Morgan fingerprint density at radius 3 is 2.85 bits per heavy atom. The number of nitrogens with one attached hydrogen (secondary N) is 1. The molecule has 0 saturated carbocycles. The van der Waals surface area contributed by atoms with Gasteiger partial charge in [-0.2, -0.15) is 9.49 Å². The van der Waals surface area contributed by atoms with Crippen LogP contribution in [0.25, 0.3) is 0 Å². The van der Waals surface area contributed by atoms with Crippen LogP contribution in [0.2, 0.25) is 0 Å². The minimum absolute atomic E-state index is 0. The van der Waals surface area contributed by atoms with Gasteiger partial charge in [-0.05, 0) is 19.1 Å². The highest BCUT2D eigenvalue weighted by Crippen LogP contribution is 2.16. The molecule has 0 aromatic carbocycles. The molecule has 8 heteroatoms. The summed E-state index contributed by atoms with van der Waals surface area (Å²) >= 11 is 0. The molecule has 0 aliphatic carbocycles. The lowest BCUT2D eigenvalue weighted by Crippen LogP contribution is -2.06. The Bertz CT molecular complexity index is 559. The van der Waals surface area contributed by atoms with Crippen LogP contribution < -0.4 is 4.74 Å². The molecule has 1 N–H and O–H groups in total. The van der Waals surface area contributed by atoms with E-state index >= 15 is 0 Å². The first-order valence-electron chi connectivity index (χ1n) is 5.64. The lowest BCUT2D eigenvalue weighted by atomic mass is 10.3. The number of hydrogen-bond donors (Lipinski definition) is 1. The first-order chi connectivity index (χ1) is 9.20. The molecule has 0 fully saturated rings. The second-order valence-electron chi connectivity index (χ2n) is 3.61. The summed E-state index contributed by atoms with van der Waals surface area (Å²) in [6.07, 6.45) is 2.69. The first kappa shape index (κ1) is 15.9. The van der Waals surface area contributed by atoms with Crippen LogP contribution in [0.15, 0.2) is 24.5 Å². The lowest BCUT2D eigenvalue weighted by Gasteiger charge is -2.05. The van der Waals surface area contributed by atoms with Gasteiger partial charge in [-0.1, -0.05) is 0 Å². The standard InChI is InChI=1S/C12H12FN3O3.ClH/c1-2-18-12(17)9-6-15-16-11(9)19-7-8-3-4-10(13)14-5-8;/h3-6H,2,7H2,1H3,(H,15,16);1H. The maximum Gasteiger partial charge on any atom is 0.345 e. The number of ether oxygens (including phenoxy) is 2. The Balaban J connectivity index is 0.00000200. The highest BCUT2D eigenvalue weighted by atomic mass is 35.5. The Labute approximate surface area is 120 Å². The molecule has 2 heterocycles. The van der Waals surface area contributed by atoms with Crippen LogP contribution in [0.5, 0.6) is 5.88 Å². The summed E-state index contributed by atoms with van der Waals surface area (Å²) in [6.45, 7) is 2.12. The number of rotatable bonds is 5. The van der Waals surface area contributed by atoms with E-state index < -0.39 is 11.9 Å². The van der Waals surface area contributed by atoms with Crippen molar-refractivity contribution in [1.29, 1.82) is 0 Å². The number of pyridine rings is 1. The molecule has 20 heavy (non-hydrogen) atoms. The molecule has 0 radical (unpaired) electrons. The number of halogens is 2. The van der Waals surface area contributed by atoms with E-state index in [0.717, 1.165) is 0 Å². The van der Waals surface area contributed by atoms with Gasteiger partial charge < -0.3 is 9.47 Å². The summed E-state index contributed by atoms with van der Waals surface area (Å²) in [6, 6.07) is 2.78. The zero-order chi connectivity index (χ0) is 13.7. The molecular weight excluding hydrogens is 289 g/mol. The fraction of sp³-hybridized carbons (Fsp3) is 0.250. The normalized spacial score (nSPS) is 9.70. The minimum Gasteiger partial charge on any atom is -0.472 e. The molecule has 0 spiro atoms. The Kier molecular flexibility index (Phi) is 5.92. The number of hydrogen-bond acceptors (Lipinski definition) is 5. The third-order valence-electron chi connectivity index (χ3n) is 2.27. The van der Waals surface area contributed by atoms with Gasteiger partial charge >= 0.3 is 5.97 Å². The van der Waals surface area contributed by atoms with Gasteiger partial charge in [-0.25, -0.2) is 14.9 Å². The van der Waals surface area contributed by atoms with Crippen molar-refractivity contribution in [2.45, 2.75) is 13.5 Å². The van der Waals surface area contributed by atoms with Gasteiger partial charge in [0.25, 0.3) is 0 Å². The highest BCUT2D eigenvalue weighted by Gasteiger charge is 2.16. The molecule has 6 nitrogen and oxygen atoms in total. The average Bonchev–Trinajstić information content (AvgIpc) is 2.87. The quantitative estimate of drug-likeness (QED) is 0.676. The fourth-order valence-corrected chi connectivity index (χ4v) is 1.39. The van der Waals surface area contributed by atoms with Gasteiger partial charge in [0.1, 0.15) is 12.2 Å². The Morgan fingerprint density at radius 2 is 2.20 bits per heavy atom. The monoisotopic (exact) mass is 301 g/mol. The Morgan fingerprint density at radius 1 is 1.40 bits per heavy atom. The molecule has 2 aromatic heterocycles. The van der Waals surface area contributed by atoms with Crippen molar-refractivity contribution in [2.75, 3.05) is 6.61 Å². The number of aromatic nitrogens is 3. The van der Waals surface area contributed by atoms with E-state index in [2.05, 4.69) is 15.2 Å². The summed E-state index contributed by atoms with van der Waals surface area (Å²) < 4.78 is 22.9.